The number of fused-ring (bicyclic) bond motifs is 2. The first-order chi connectivity index (χ1) is 26.5. The van der Waals surface area contributed by atoms with E-state index in [9.17, 15) is 15.0 Å². The molecule has 3 aliphatic rings. The van der Waals surface area contributed by atoms with Crippen LogP contribution in [0, 0.1) is 17.8 Å². The lowest BCUT2D eigenvalue weighted by Gasteiger charge is -2.60. The van der Waals surface area contributed by atoms with Gasteiger partial charge in [0.15, 0.2) is 0 Å². The van der Waals surface area contributed by atoms with Gasteiger partial charge in [-0.15, -0.1) is 6.58 Å². The molecule has 2 amide bonds. The number of ether oxygens (including phenoxy) is 3. The summed E-state index contributed by atoms with van der Waals surface area (Å²) >= 11 is 0. The van der Waals surface area contributed by atoms with Crippen LogP contribution in [0.2, 0.25) is 0 Å². The second-order valence-corrected chi connectivity index (χ2v) is 14.6. The van der Waals surface area contributed by atoms with E-state index in [0.29, 0.717) is 51.3 Å². The number of oxime groups is 1. The van der Waals surface area contributed by atoms with Gasteiger partial charge in [-0.3, -0.25) is 0 Å². The number of aliphatic hydroxyl groups is 2. The average Bonchev–Trinajstić information content (AvgIpc) is 3.19. The Hall–Kier alpha value is -4.12. The van der Waals surface area contributed by atoms with E-state index in [-0.39, 0.29) is 49.5 Å². The number of benzene rings is 2. The van der Waals surface area contributed by atoms with E-state index in [4.69, 9.17) is 24.2 Å². The third kappa shape index (κ3) is 9.39. The van der Waals surface area contributed by atoms with Crippen LogP contribution in [-0.4, -0.2) is 78.2 Å². The molecule has 1 heterocycles. The Morgan fingerprint density at radius 1 is 1.02 bits per heavy atom. The van der Waals surface area contributed by atoms with Crippen LogP contribution in [0.4, 0.5) is 4.79 Å². The molecule has 0 spiro atoms. The predicted molar refractivity (Wildman–Crippen MR) is 213 cm³/mol. The molecule has 0 saturated heterocycles. The molecule has 1 aliphatic heterocycles. The van der Waals surface area contributed by atoms with E-state index in [1.165, 1.54) is 0 Å². The van der Waals surface area contributed by atoms with Crippen molar-refractivity contribution in [2.24, 2.45) is 22.9 Å². The molecule has 10 nitrogen and oxygen atoms in total. The van der Waals surface area contributed by atoms with Crippen molar-refractivity contribution >= 4 is 11.7 Å². The Balaban J connectivity index is 1.76. The highest BCUT2D eigenvalue weighted by Gasteiger charge is 2.65. The van der Waals surface area contributed by atoms with Crippen LogP contribution in [0.15, 0.2) is 90.6 Å². The van der Waals surface area contributed by atoms with Crippen molar-refractivity contribution in [3.05, 3.63) is 96.6 Å². The molecule has 6 atom stereocenters. The van der Waals surface area contributed by atoms with Crippen molar-refractivity contribution in [2.45, 2.75) is 96.0 Å². The smallest absolute Gasteiger partial charge is 0.317 e. The highest BCUT2D eigenvalue weighted by Crippen LogP contribution is 2.62. The third-order valence-corrected chi connectivity index (χ3v) is 10.9. The van der Waals surface area contributed by atoms with E-state index in [2.05, 4.69) is 37.5 Å². The number of unbranched alkanes of at least 4 members (excludes halogenated alkanes) is 2. The van der Waals surface area contributed by atoms with Gasteiger partial charge in [0.25, 0.3) is 0 Å². The Morgan fingerprint density at radius 3 is 2.48 bits per heavy atom. The molecular formula is C44H61N3O7. The van der Waals surface area contributed by atoms with Crippen molar-refractivity contribution < 1.29 is 34.1 Å². The van der Waals surface area contributed by atoms with Crippen LogP contribution in [-0.2, 0) is 16.2 Å². The SMILES string of the molecule is C=CCOc1ccc2c(c1)[C@H]1[C@H](CCCCO)[C@@H](CCCCO)C=C3C(=NOCc4ccccc4)C[C@H](N(CCC)C(=O)NCCC)[C@@](OCC=C)(O2)[C@H]31. The summed E-state index contributed by atoms with van der Waals surface area (Å²) in [4.78, 5) is 22.3. The van der Waals surface area contributed by atoms with Crippen LogP contribution in [0.3, 0.4) is 0 Å². The van der Waals surface area contributed by atoms with Gasteiger partial charge in [-0.25, -0.2) is 4.79 Å². The number of carbonyl (C=O) groups is 1. The minimum atomic E-state index is -1.29. The summed E-state index contributed by atoms with van der Waals surface area (Å²) in [6.07, 6.45) is 12.6. The Kier molecular flexibility index (Phi) is 15.6. The number of urea groups is 1. The van der Waals surface area contributed by atoms with Crippen molar-refractivity contribution in [2.75, 3.05) is 39.5 Å². The van der Waals surface area contributed by atoms with E-state index < -0.39 is 11.8 Å². The molecule has 1 fully saturated rings. The number of rotatable bonds is 22. The topological polar surface area (TPSA) is 122 Å². The van der Waals surface area contributed by atoms with Gasteiger partial charge < -0.3 is 39.5 Å². The molecular weight excluding hydrogens is 682 g/mol. The normalized spacial score (nSPS) is 24.7. The fourth-order valence-electron chi connectivity index (χ4n) is 8.63. The molecule has 10 heteroatoms. The quantitative estimate of drug-likeness (QED) is 0.0637. The Labute approximate surface area is 321 Å². The predicted octanol–water partition coefficient (Wildman–Crippen LogP) is 7.92. The van der Waals surface area contributed by atoms with Gasteiger partial charge in [-0.05, 0) is 79.7 Å². The summed E-state index contributed by atoms with van der Waals surface area (Å²) in [5.74, 6) is -0.0851. The second kappa shape index (κ2) is 20.5. The molecule has 0 bridgehead atoms. The van der Waals surface area contributed by atoms with Crippen LogP contribution in [0.25, 0.3) is 0 Å². The fourth-order valence-corrected chi connectivity index (χ4v) is 8.63. The lowest BCUT2D eigenvalue weighted by atomic mass is 9.55. The minimum Gasteiger partial charge on any atom is -0.490 e. The molecule has 2 aliphatic carbocycles. The molecule has 1 saturated carbocycles. The second-order valence-electron chi connectivity index (χ2n) is 14.6. The zero-order chi connectivity index (χ0) is 38.3. The van der Waals surface area contributed by atoms with Gasteiger partial charge in [0.2, 0.25) is 5.79 Å². The first-order valence-corrected chi connectivity index (χ1v) is 20.0. The van der Waals surface area contributed by atoms with E-state index in [1.54, 1.807) is 12.2 Å². The molecule has 0 unspecified atom stereocenters. The molecule has 5 rings (SSSR count). The first kappa shape index (κ1) is 41.1. The fraction of sp³-hybridized carbons (Fsp3) is 0.545. The van der Waals surface area contributed by atoms with E-state index in [1.807, 2.05) is 54.3 Å². The van der Waals surface area contributed by atoms with Crippen LogP contribution < -0.4 is 14.8 Å². The Morgan fingerprint density at radius 2 is 1.78 bits per heavy atom. The lowest BCUT2D eigenvalue weighted by Crippen LogP contribution is -2.70. The van der Waals surface area contributed by atoms with Gasteiger partial charge in [0, 0.05) is 44.2 Å². The molecule has 2 aromatic carbocycles. The number of nitrogens with zero attached hydrogens (tertiary/aromatic N) is 2. The first-order valence-electron chi connectivity index (χ1n) is 20.0. The summed E-state index contributed by atoms with van der Waals surface area (Å²) in [6, 6.07) is 15.2. The molecule has 54 heavy (non-hydrogen) atoms. The maximum absolute atomic E-state index is 14.2. The van der Waals surface area contributed by atoms with Gasteiger partial charge in [0.05, 0.1) is 18.2 Å². The number of carbonyl (C=O) groups excluding carboxylic acids is 1. The molecule has 2 aromatic rings. The molecule has 0 aromatic heterocycles. The molecule has 3 N–H and O–H groups in total. The monoisotopic (exact) mass is 743 g/mol. The zero-order valence-corrected chi connectivity index (χ0v) is 32.3. The third-order valence-electron chi connectivity index (χ3n) is 10.9. The lowest BCUT2D eigenvalue weighted by molar-refractivity contribution is -0.254. The van der Waals surface area contributed by atoms with E-state index in [0.717, 1.165) is 66.7 Å². The highest BCUT2D eigenvalue weighted by molar-refractivity contribution is 6.03. The zero-order valence-electron chi connectivity index (χ0n) is 32.3. The summed E-state index contributed by atoms with van der Waals surface area (Å²) in [7, 11) is 0. The van der Waals surface area contributed by atoms with Crippen LogP contribution in [0.1, 0.15) is 88.7 Å². The van der Waals surface area contributed by atoms with Gasteiger partial charge in [-0.2, -0.15) is 0 Å². The number of hydrogen-bond donors (Lipinski definition) is 3. The van der Waals surface area contributed by atoms with Crippen LogP contribution in [0.5, 0.6) is 11.5 Å². The maximum Gasteiger partial charge on any atom is 0.317 e. The van der Waals surface area contributed by atoms with E-state index >= 15 is 0 Å². The average molecular weight is 744 g/mol. The largest absolute Gasteiger partial charge is 0.490 e. The molecule has 294 valence electrons. The summed E-state index contributed by atoms with van der Waals surface area (Å²) < 4.78 is 20.4. The van der Waals surface area contributed by atoms with Crippen molar-refractivity contribution in [3.63, 3.8) is 0 Å². The number of aliphatic hydroxyl groups excluding tert-OH is 2. The number of nitrogens with one attached hydrogen (secondary N) is 1. The highest BCUT2D eigenvalue weighted by atomic mass is 16.7. The summed E-state index contributed by atoms with van der Waals surface area (Å²) in [6.45, 7) is 14.2. The van der Waals surface area contributed by atoms with Crippen LogP contribution >= 0.6 is 0 Å². The van der Waals surface area contributed by atoms with Crippen molar-refractivity contribution in [1.29, 1.82) is 0 Å². The van der Waals surface area contributed by atoms with Gasteiger partial charge in [0.1, 0.15) is 30.8 Å². The minimum absolute atomic E-state index is 0.118. The van der Waals surface area contributed by atoms with Gasteiger partial charge >= 0.3 is 6.03 Å². The number of hydrogen-bond acceptors (Lipinski definition) is 8. The van der Waals surface area contributed by atoms with Gasteiger partial charge in [-0.1, -0.05) is 87.0 Å². The number of amides is 2. The summed E-state index contributed by atoms with van der Waals surface area (Å²) in [5.41, 5.74) is 3.82. The maximum atomic E-state index is 14.2. The Bertz CT molecular complexity index is 1580. The standard InChI is InChI=1S/C44H61N3O7/c1-5-22-45-43(50)47(23-6-2)40-30-38(46-53-31-32-16-10-9-11-17-32)36-28-33(18-12-14-24-48)35(19-13-15-25-49)41-37-29-34(51-26-7-3)20-21-39(37)54-44(40,42(36)41)52-27-8-4/h7-11,16-17,20-21,28-29,33,35,40-42,48-49H,3-6,12-15,18-19,22-27,30-31H2,1-2H3,(H,45,50)/t33-,35+,40-,41+,42+,44+/m0/s1. The van der Waals surface area contributed by atoms with Crippen molar-refractivity contribution in [3.8, 4) is 11.5 Å². The van der Waals surface area contributed by atoms with Crippen molar-refractivity contribution in [1.82, 2.24) is 10.2 Å². The molecule has 0 radical (unpaired) electrons. The number of allylic oxidation sites excluding steroid dienone is 1. The summed E-state index contributed by atoms with van der Waals surface area (Å²) in [5, 5.41) is 27.7.